The number of piperidine rings is 1. The van der Waals surface area contributed by atoms with Gasteiger partial charge in [-0.1, -0.05) is 25.1 Å². The molecule has 0 bridgehead atoms. The number of amides is 1. The van der Waals surface area contributed by atoms with E-state index in [9.17, 15) is 4.79 Å². The van der Waals surface area contributed by atoms with Crippen LogP contribution in [-0.4, -0.2) is 41.5 Å². The molecule has 116 valence electrons. The summed E-state index contributed by atoms with van der Waals surface area (Å²) in [6, 6.07) is 8.70. The third-order valence-corrected chi connectivity index (χ3v) is 5.27. The van der Waals surface area contributed by atoms with Crippen molar-refractivity contribution in [3.8, 4) is 0 Å². The molecule has 2 saturated heterocycles. The molecule has 1 amide bonds. The van der Waals surface area contributed by atoms with Gasteiger partial charge in [-0.05, 0) is 43.4 Å². The van der Waals surface area contributed by atoms with Crippen molar-refractivity contribution >= 4 is 16.8 Å². The fourth-order valence-electron chi connectivity index (χ4n) is 4.12. The van der Waals surface area contributed by atoms with E-state index in [2.05, 4.69) is 29.4 Å². The molecular formula is C18H23N3O. The third-order valence-electron chi connectivity index (χ3n) is 5.27. The Bertz CT molecular complexity index is 691. The van der Waals surface area contributed by atoms with Gasteiger partial charge < -0.3 is 15.2 Å². The van der Waals surface area contributed by atoms with E-state index in [-0.39, 0.29) is 5.91 Å². The number of aromatic amines is 1. The van der Waals surface area contributed by atoms with E-state index in [4.69, 9.17) is 0 Å². The molecule has 4 rings (SSSR count). The number of carbonyl (C=O) groups is 1. The number of carbonyl (C=O) groups excluding carboxylic acids is 1. The number of para-hydroxylation sites is 1. The summed E-state index contributed by atoms with van der Waals surface area (Å²) < 4.78 is 0. The summed E-state index contributed by atoms with van der Waals surface area (Å²) in [5.74, 6) is 0.802. The van der Waals surface area contributed by atoms with Gasteiger partial charge in [-0.3, -0.25) is 4.79 Å². The van der Waals surface area contributed by atoms with Crippen LogP contribution in [-0.2, 0) is 6.42 Å². The highest BCUT2D eigenvalue weighted by Crippen LogP contribution is 2.29. The predicted octanol–water partition coefficient (Wildman–Crippen LogP) is 2.55. The second-order valence-corrected chi connectivity index (χ2v) is 6.55. The van der Waals surface area contributed by atoms with Gasteiger partial charge in [0.05, 0.1) is 0 Å². The number of rotatable bonds is 2. The van der Waals surface area contributed by atoms with Gasteiger partial charge in [-0.2, -0.15) is 0 Å². The third kappa shape index (κ3) is 2.13. The highest BCUT2D eigenvalue weighted by molar-refractivity contribution is 6.01. The fourth-order valence-corrected chi connectivity index (χ4v) is 4.12. The number of benzene rings is 1. The molecule has 4 heteroatoms. The van der Waals surface area contributed by atoms with Crippen LogP contribution in [0.15, 0.2) is 24.3 Å². The summed E-state index contributed by atoms with van der Waals surface area (Å²) in [6.07, 6.45) is 3.36. The van der Waals surface area contributed by atoms with Crippen molar-refractivity contribution in [2.24, 2.45) is 5.92 Å². The molecular weight excluding hydrogens is 274 g/mol. The van der Waals surface area contributed by atoms with E-state index in [0.29, 0.717) is 12.0 Å². The highest BCUT2D eigenvalue weighted by atomic mass is 16.2. The van der Waals surface area contributed by atoms with Crippen LogP contribution >= 0.6 is 0 Å². The number of nitrogens with zero attached hydrogens (tertiary/aromatic N) is 1. The average molecular weight is 297 g/mol. The lowest BCUT2D eigenvalue weighted by atomic mass is 9.94. The van der Waals surface area contributed by atoms with Crippen LogP contribution in [0.4, 0.5) is 0 Å². The first-order valence-electron chi connectivity index (χ1n) is 8.40. The molecule has 22 heavy (non-hydrogen) atoms. The standard InChI is InChI=1S/C18H23N3O/c1-2-13-14-7-3-4-8-15(14)20-17(13)18(22)21-10-12-6-5-9-19-16(12)11-21/h3-4,7-8,12,16,19-20H,2,5-6,9-11H2,1H3. The zero-order chi connectivity index (χ0) is 15.1. The van der Waals surface area contributed by atoms with Gasteiger partial charge in [0.15, 0.2) is 0 Å². The van der Waals surface area contributed by atoms with Crippen molar-refractivity contribution in [2.45, 2.75) is 32.2 Å². The molecule has 2 N–H and O–H groups in total. The van der Waals surface area contributed by atoms with Crippen molar-refractivity contribution in [1.29, 1.82) is 0 Å². The van der Waals surface area contributed by atoms with E-state index in [1.165, 1.54) is 18.2 Å². The molecule has 2 fully saturated rings. The summed E-state index contributed by atoms with van der Waals surface area (Å²) in [5.41, 5.74) is 3.02. The monoisotopic (exact) mass is 297 g/mol. The van der Waals surface area contributed by atoms with Gasteiger partial charge in [-0.25, -0.2) is 0 Å². The zero-order valence-corrected chi connectivity index (χ0v) is 13.1. The van der Waals surface area contributed by atoms with Crippen LogP contribution in [0.2, 0.25) is 0 Å². The summed E-state index contributed by atoms with van der Waals surface area (Å²) in [5, 5.41) is 4.75. The number of hydrogen-bond acceptors (Lipinski definition) is 2. The molecule has 3 heterocycles. The number of fused-ring (bicyclic) bond motifs is 2. The van der Waals surface area contributed by atoms with Gasteiger partial charge in [0.1, 0.15) is 5.69 Å². The Labute approximate surface area is 130 Å². The maximum Gasteiger partial charge on any atom is 0.270 e. The number of aryl methyl sites for hydroxylation is 1. The van der Waals surface area contributed by atoms with Gasteiger partial charge in [0.25, 0.3) is 5.91 Å². The Morgan fingerprint density at radius 3 is 3.00 bits per heavy atom. The minimum Gasteiger partial charge on any atom is -0.350 e. The molecule has 2 aliphatic rings. The second-order valence-electron chi connectivity index (χ2n) is 6.55. The maximum absolute atomic E-state index is 13.0. The molecule has 2 aromatic rings. The van der Waals surface area contributed by atoms with Crippen LogP contribution < -0.4 is 5.32 Å². The lowest BCUT2D eigenvalue weighted by Crippen LogP contribution is -2.41. The van der Waals surface area contributed by atoms with Crippen molar-refractivity contribution in [2.75, 3.05) is 19.6 Å². The number of nitrogens with one attached hydrogen (secondary N) is 2. The number of aromatic nitrogens is 1. The molecule has 2 atom stereocenters. The lowest BCUT2D eigenvalue weighted by molar-refractivity contribution is 0.0779. The van der Waals surface area contributed by atoms with Gasteiger partial charge in [0, 0.05) is 30.0 Å². The first kappa shape index (κ1) is 13.8. The smallest absolute Gasteiger partial charge is 0.270 e. The Morgan fingerprint density at radius 1 is 1.32 bits per heavy atom. The van der Waals surface area contributed by atoms with Crippen molar-refractivity contribution in [3.05, 3.63) is 35.5 Å². The Morgan fingerprint density at radius 2 is 2.18 bits per heavy atom. The van der Waals surface area contributed by atoms with Gasteiger partial charge in [-0.15, -0.1) is 0 Å². The van der Waals surface area contributed by atoms with Crippen molar-refractivity contribution in [3.63, 3.8) is 0 Å². The summed E-state index contributed by atoms with van der Waals surface area (Å²) in [6.45, 7) is 4.96. The van der Waals surface area contributed by atoms with Crippen molar-refractivity contribution < 1.29 is 4.79 Å². The Hall–Kier alpha value is -1.81. The summed E-state index contributed by atoms with van der Waals surface area (Å²) in [7, 11) is 0. The first-order chi connectivity index (χ1) is 10.8. The van der Waals surface area contributed by atoms with E-state index in [1.54, 1.807) is 0 Å². The van der Waals surface area contributed by atoms with Gasteiger partial charge >= 0.3 is 0 Å². The molecule has 4 nitrogen and oxygen atoms in total. The minimum atomic E-state index is 0.171. The quantitative estimate of drug-likeness (QED) is 0.895. The molecule has 0 saturated carbocycles. The fraction of sp³-hybridized carbons (Fsp3) is 0.500. The first-order valence-corrected chi connectivity index (χ1v) is 8.40. The van der Waals surface area contributed by atoms with Crippen LogP contribution in [0.5, 0.6) is 0 Å². The average Bonchev–Trinajstić information content (AvgIpc) is 3.15. The van der Waals surface area contributed by atoms with E-state index in [1.807, 2.05) is 17.0 Å². The largest absolute Gasteiger partial charge is 0.350 e. The van der Waals surface area contributed by atoms with Gasteiger partial charge in [0.2, 0.25) is 0 Å². The van der Waals surface area contributed by atoms with E-state index in [0.717, 1.165) is 42.8 Å². The number of H-pyrrole nitrogens is 1. The van der Waals surface area contributed by atoms with E-state index < -0.39 is 0 Å². The molecule has 0 spiro atoms. The lowest BCUT2D eigenvalue weighted by Gasteiger charge is -2.24. The molecule has 1 aromatic carbocycles. The number of likely N-dealkylation sites (tertiary alicyclic amines) is 1. The maximum atomic E-state index is 13.0. The Balaban J connectivity index is 1.65. The summed E-state index contributed by atoms with van der Waals surface area (Å²) >= 11 is 0. The topological polar surface area (TPSA) is 48.1 Å². The molecule has 2 aliphatic heterocycles. The second kappa shape index (κ2) is 5.43. The van der Waals surface area contributed by atoms with Crippen LogP contribution in [0, 0.1) is 5.92 Å². The molecule has 0 radical (unpaired) electrons. The predicted molar refractivity (Wildman–Crippen MR) is 88.1 cm³/mol. The zero-order valence-electron chi connectivity index (χ0n) is 13.1. The normalized spacial score (nSPS) is 24.7. The van der Waals surface area contributed by atoms with Crippen molar-refractivity contribution in [1.82, 2.24) is 15.2 Å². The SMILES string of the molecule is CCc1c(C(=O)N2CC3CCCNC3C2)[nH]c2ccccc12. The molecule has 2 unspecified atom stereocenters. The molecule has 0 aliphatic carbocycles. The van der Waals surface area contributed by atoms with E-state index >= 15 is 0 Å². The Kier molecular flexibility index (Phi) is 3.41. The number of hydrogen-bond donors (Lipinski definition) is 2. The van der Waals surface area contributed by atoms with Crippen LogP contribution in [0.1, 0.15) is 35.8 Å². The highest BCUT2D eigenvalue weighted by Gasteiger charge is 2.37. The summed E-state index contributed by atoms with van der Waals surface area (Å²) in [4.78, 5) is 18.4. The molecule has 1 aromatic heterocycles. The van der Waals surface area contributed by atoms with Crippen LogP contribution in [0.25, 0.3) is 10.9 Å². The minimum absolute atomic E-state index is 0.171. The van der Waals surface area contributed by atoms with Crippen LogP contribution in [0.3, 0.4) is 0 Å².